The highest BCUT2D eigenvalue weighted by Crippen LogP contribution is 2.70. The fourth-order valence-electron chi connectivity index (χ4n) is 9.68. The molecule has 0 aromatic rings. The van der Waals surface area contributed by atoms with E-state index < -0.39 is 0 Å². The second kappa shape index (κ2) is 7.07. The quantitative estimate of drug-likeness (QED) is 0.483. The van der Waals surface area contributed by atoms with E-state index in [0.29, 0.717) is 52.5 Å². The number of ketones is 1. The maximum Gasteiger partial charge on any atom is 0.140 e. The molecule has 4 saturated carbocycles. The molecule has 29 heavy (non-hydrogen) atoms. The SMILES string of the molecule is CCCC[C@@H](C)[C@H]1CC[C@H]2[C@@H]3C(=O)[C@H](CC)[C@@H]4[C@H]5O[C@H]5CC[C@]4(C)[C@H]3CC[C@]12C. The van der Waals surface area contributed by atoms with Gasteiger partial charge in [0.25, 0.3) is 0 Å². The monoisotopic (exact) mass is 400 g/mol. The lowest BCUT2D eigenvalue weighted by Crippen LogP contribution is -2.61. The molecule has 5 rings (SSSR count). The first kappa shape index (κ1) is 20.5. The van der Waals surface area contributed by atoms with Crippen molar-refractivity contribution in [3.63, 3.8) is 0 Å². The zero-order valence-corrected chi connectivity index (χ0v) is 19.6. The molecular formula is C27H44O2. The fraction of sp³-hybridized carbons (Fsp3) is 0.963. The van der Waals surface area contributed by atoms with Crippen molar-refractivity contribution in [2.45, 2.75) is 111 Å². The zero-order valence-electron chi connectivity index (χ0n) is 19.6. The Hall–Kier alpha value is -0.370. The number of ether oxygens (including phenoxy) is 1. The molecule has 0 radical (unpaired) electrons. The van der Waals surface area contributed by atoms with Crippen LogP contribution in [0.5, 0.6) is 0 Å². The van der Waals surface area contributed by atoms with E-state index in [4.69, 9.17) is 4.74 Å². The van der Waals surface area contributed by atoms with E-state index in [1.165, 1.54) is 57.8 Å². The van der Waals surface area contributed by atoms with Gasteiger partial charge in [-0.05, 0) is 79.4 Å². The standard InChI is InChI=1S/C27H44O2/c1-6-8-9-16(3)18-10-11-19-22-20(12-14-26(18,19)4)27(5)15-13-21-25(29-21)23(27)17(7-2)24(22)28/h16-23,25H,6-15H2,1-5H3/t16-,17-,18-,19+,20+,21+,22+,23-,25+,26-,27-/m1/s1. The van der Waals surface area contributed by atoms with Gasteiger partial charge in [0.15, 0.2) is 0 Å². The van der Waals surface area contributed by atoms with Crippen LogP contribution in [0, 0.1) is 52.3 Å². The summed E-state index contributed by atoms with van der Waals surface area (Å²) in [5, 5.41) is 0. The molecule has 0 spiro atoms. The summed E-state index contributed by atoms with van der Waals surface area (Å²) >= 11 is 0. The lowest BCUT2D eigenvalue weighted by molar-refractivity contribution is -0.167. The first-order chi connectivity index (χ1) is 13.9. The average Bonchev–Trinajstić information content (AvgIpc) is 3.40. The van der Waals surface area contributed by atoms with E-state index in [-0.39, 0.29) is 5.92 Å². The van der Waals surface area contributed by atoms with Crippen LogP contribution in [0.15, 0.2) is 0 Å². The van der Waals surface area contributed by atoms with Crippen molar-refractivity contribution in [1.82, 2.24) is 0 Å². The highest BCUT2D eigenvalue weighted by molar-refractivity contribution is 5.86. The molecule has 164 valence electrons. The number of epoxide rings is 1. The van der Waals surface area contributed by atoms with E-state index >= 15 is 0 Å². The topological polar surface area (TPSA) is 29.6 Å². The average molecular weight is 401 g/mol. The highest BCUT2D eigenvalue weighted by Gasteiger charge is 2.69. The van der Waals surface area contributed by atoms with Crippen LogP contribution in [-0.4, -0.2) is 18.0 Å². The number of carbonyl (C=O) groups excluding carboxylic acids is 1. The van der Waals surface area contributed by atoms with Crippen molar-refractivity contribution in [2.75, 3.05) is 0 Å². The van der Waals surface area contributed by atoms with E-state index in [9.17, 15) is 4.79 Å². The minimum Gasteiger partial charge on any atom is -0.369 e. The summed E-state index contributed by atoms with van der Waals surface area (Å²) in [5.74, 6) is 4.69. The molecule has 11 atom stereocenters. The van der Waals surface area contributed by atoms with E-state index in [1.54, 1.807) is 0 Å². The Morgan fingerprint density at radius 3 is 2.48 bits per heavy atom. The molecule has 0 unspecified atom stereocenters. The predicted octanol–water partition coefficient (Wildman–Crippen LogP) is 6.66. The number of Topliss-reactive ketones (excluding diaryl/α,β-unsaturated/α-hetero) is 1. The van der Waals surface area contributed by atoms with Gasteiger partial charge in [0.05, 0.1) is 12.2 Å². The largest absolute Gasteiger partial charge is 0.369 e. The number of rotatable bonds is 5. The van der Waals surface area contributed by atoms with Gasteiger partial charge in [-0.2, -0.15) is 0 Å². The molecule has 2 heteroatoms. The van der Waals surface area contributed by atoms with Crippen molar-refractivity contribution in [1.29, 1.82) is 0 Å². The van der Waals surface area contributed by atoms with Gasteiger partial charge < -0.3 is 4.74 Å². The molecule has 1 saturated heterocycles. The summed E-state index contributed by atoms with van der Waals surface area (Å²) in [4.78, 5) is 14.0. The van der Waals surface area contributed by atoms with E-state index in [0.717, 1.165) is 18.3 Å². The van der Waals surface area contributed by atoms with Crippen LogP contribution < -0.4 is 0 Å². The molecule has 0 N–H and O–H groups in total. The first-order valence-electron chi connectivity index (χ1n) is 13.1. The van der Waals surface area contributed by atoms with Gasteiger partial charge in [-0.1, -0.05) is 53.9 Å². The third-order valence-electron chi connectivity index (χ3n) is 11.2. The molecule has 0 aromatic heterocycles. The van der Waals surface area contributed by atoms with E-state index in [1.807, 2.05) is 0 Å². The Labute approximate surface area is 178 Å². The van der Waals surface area contributed by atoms with Crippen LogP contribution in [0.2, 0.25) is 0 Å². The van der Waals surface area contributed by atoms with Gasteiger partial charge in [0.1, 0.15) is 5.78 Å². The summed E-state index contributed by atoms with van der Waals surface area (Å²) in [7, 11) is 0. The van der Waals surface area contributed by atoms with Gasteiger partial charge in [0.2, 0.25) is 0 Å². The normalized spacial score (nSPS) is 54.2. The van der Waals surface area contributed by atoms with Crippen LogP contribution in [0.25, 0.3) is 0 Å². The maximum absolute atomic E-state index is 14.0. The molecule has 5 fully saturated rings. The third kappa shape index (κ3) is 2.79. The Balaban J connectivity index is 1.46. The van der Waals surface area contributed by atoms with Crippen LogP contribution in [0.3, 0.4) is 0 Å². The second-order valence-electron chi connectivity index (χ2n) is 12.2. The van der Waals surface area contributed by atoms with Crippen molar-refractivity contribution < 1.29 is 9.53 Å². The summed E-state index contributed by atoms with van der Waals surface area (Å²) in [5.41, 5.74) is 0.739. The molecule has 1 aliphatic heterocycles. The third-order valence-corrected chi connectivity index (χ3v) is 11.2. The van der Waals surface area contributed by atoms with Crippen LogP contribution in [-0.2, 0) is 9.53 Å². The van der Waals surface area contributed by atoms with Gasteiger partial charge in [-0.3, -0.25) is 4.79 Å². The Morgan fingerprint density at radius 1 is 1.03 bits per heavy atom. The summed E-state index contributed by atoms with van der Waals surface area (Å²) in [6.45, 7) is 12.3. The smallest absolute Gasteiger partial charge is 0.140 e. The maximum atomic E-state index is 14.0. The number of hydrogen-bond acceptors (Lipinski definition) is 2. The molecule has 0 amide bonds. The highest BCUT2D eigenvalue weighted by atomic mass is 16.6. The second-order valence-corrected chi connectivity index (χ2v) is 12.2. The zero-order chi connectivity index (χ0) is 20.6. The fourth-order valence-corrected chi connectivity index (χ4v) is 9.68. The van der Waals surface area contributed by atoms with Gasteiger partial charge in [-0.25, -0.2) is 0 Å². The summed E-state index contributed by atoms with van der Waals surface area (Å²) in [6.07, 6.45) is 13.8. The lowest BCUT2D eigenvalue weighted by atomic mass is 9.42. The number of fused-ring (bicyclic) bond motifs is 7. The summed E-state index contributed by atoms with van der Waals surface area (Å²) in [6, 6.07) is 0. The minimum absolute atomic E-state index is 0.260. The van der Waals surface area contributed by atoms with Crippen molar-refractivity contribution in [3.8, 4) is 0 Å². The van der Waals surface area contributed by atoms with Crippen LogP contribution in [0.1, 0.15) is 98.8 Å². The Morgan fingerprint density at radius 2 is 1.76 bits per heavy atom. The Bertz CT molecular complexity index is 657. The molecule has 0 aromatic carbocycles. The first-order valence-corrected chi connectivity index (χ1v) is 13.1. The Kier molecular flexibility index (Phi) is 5.01. The molecule has 5 aliphatic rings. The summed E-state index contributed by atoms with van der Waals surface area (Å²) < 4.78 is 6.11. The van der Waals surface area contributed by atoms with Gasteiger partial charge in [-0.15, -0.1) is 0 Å². The van der Waals surface area contributed by atoms with Gasteiger partial charge in [0, 0.05) is 17.8 Å². The molecular weight excluding hydrogens is 356 g/mol. The van der Waals surface area contributed by atoms with Crippen molar-refractivity contribution in [3.05, 3.63) is 0 Å². The van der Waals surface area contributed by atoms with Gasteiger partial charge >= 0.3 is 0 Å². The minimum atomic E-state index is 0.260. The predicted molar refractivity (Wildman–Crippen MR) is 118 cm³/mol. The number of hydrogen-bond donors (Lipinski definition) is 0. The number of carbonyl (C=O) groups is 1. The van der Waals surface area contributed by atoms with Crippen molar-refractivity contribution in [2.24, 2.45) is 52.3 Å². The van der Waals surface area contributed by atoms with Crippen LogP contribution >= 0.6 is 0 Å². The van der Waals surface area contributed by atoms with Crippen LogP contribution in [0.4, 0.5) is 0 Å². The van der Waals surface area contributed by atoms with E-state index in [2.05, 4.69) is 34.6 Å². The lowest BCUT2D eigenvalue weighted by Gasteiger charge is -2.61. The molecule has 0 bridgehead atoms. The number of unbranched alkanes of at least 4 members (excludes halogenated alkanes) is 1. The van der Waals surface area contributed by atoms with Crippen molar-refractivity contribution >= 4 is 5.78 Å². The molecule has 2 nitrogen and oxygen atoms in total. The molecule has 1 heterocycles. The molecule has 4 aliphatic carbocycles.